The van der Waals surface area contributed by atoms with Crippen molar-refractivity contribution in [3.05, 3.63) is 35.5 Å². The summed E-state index contributed by atoms with van der Waals surface area (Å²) < 4.78 is 5.65. The van der Waals surface area contributed by atoms with Crippen LogP contribution in [0.4, 0.5) is 5.69 Å². The fraction of sp³-hybridized carbons (Fsp3) is 0.333. The lowest BCUT2D eigenvalue weighted by Crippen LogP contribution is -2.59. The molecule has 2 amide bonds. The molecule has 28 heavy (non-hydrogen) atoms. The maximum atomic E-state index is 12.6. The molecule has 1 unspecified atom stereocenters. The van der Waals surface area contributed by atoms with E-state index >= 15 is 0 Å². The summed E-state index contributed by atoms with van der Waals surface area (Å²) in [6, 6.07) is 4.72. The van der Waals surface area contributed by atoms with E-state index in [2.05, 4.69) is 15.3 Å². The number of hydrogen-bond acceptors (Lipinski definition) is 8. The number of nitrogens with two attached hydrogens (primary N) is 3. The first-order valence-corrected chi connectivity index (χ1v) is 8.28. The van der Waals surface area contributed by atoms with Crippen molar-refractivity contribution < 1.29 is 19.4 Å². The number of aliphatic hydroxyl groups excluding tert-OH is 1. The molecule has 0 aliphatic rings. The van der Waals surface area contributed by atoms with Gasteiger partial charge in [-0.1, -0.05) is 0 Å². The van der Waals surface area contributed by atoms with Gasteiger partial charge >= 0.3 is 0 Å². The van der Waals surface area contributed by atoms with E-state index in [-0.39, 0.29) is 18.0 Å². The Morgan fingerprint density at radius 3 is 2.54 bits per heavy atom. The Bertz CT molecular complexity index is 818. The Labute approximate surface area is 163 Å². The van der Waals surface area contributed by atoms with Crippen LogP contribution in [0.25, 0.3) is 0 Å². The number of nitrogen functional groups attached to an aromatic ring is 1. The monoisotopic (exact) mass is 390 g/mol. The Morgan fingerprint density at radius 1 is 1.36 bits per heavy atom. The maximum absolute atomic E-state index is 12.6. The van der Waals surface area contributed by atoms with Gasteiger partial charge in [0.1, 0.15) is 23.6 Å². The van der Waals surface area contributed by atoms with Gasteiger partial charge in [-0.3, -0.25) is 19.6 Å². The molecule has 1 aromatic carbocycles. The van der Waals surface area contributed by atoms with Crippen molar-refractivity contribution in [1.82, 2.24) is 5.32 Å². The number of ether oxygens (including phenoxy) is 1. The molecular formula is C18H26N6O4. The fourth-order valence-corrected chi connectivity index (χ4v) is 2.12. The highest BCUT2D eigenvalue weighted by molar-refractivity contribution is 6.46. The second-order valence-electron chi connectivity index (χ2n) is 6.05. The average molecular weight is 390 g/mol. The van der Waals surface area contributed by atoms with Crippen LogP contribution in [0.5, 0.6) is 5.75 Å². The number of aliphatic imine (C=N–C) groups is 2. The van der Waals surface area contributed by atoms with E-state index in [9.17, 15) is 14.7 Å². The van der Waals surface area contributed by atoms with Crippen molar-refractivity contribution in [2.75, 3.05) is 33.0 Å². The molecule has 0 saturated heterocycles. The summed E-state index contributed by atoms with van der Waals surface area (Å²) in [6.07, 6.45) is 2.93. The first-order valence-electron chi connectivity index (χ1n) is 8.28. The van der Waals surface area contributed by atoms with Crippen LogP contribution in [0.2, 0.25) is 0 Å². The SMILES string of the molecule is CN=CC(=CN)COc1ccc(N)c(C(=NC)C(=O)NC(C)(CO)C(N)=O)c1. The molecule has 0 bridgehead atoms. The van der Waals surface area contributed by atoms with Crippen molar-refractivity contribution in [3.63, 3.8) is 0 Å². The molecule has 0 radical (unpaired) electrons. The van der Waals surface area contributed by atoms with Gasteiger partial charge in [-0.25, -0.2) is 0 Å². The molecule has 10 heteroatoms. The lowest BCUT2D eigenvalue weighted by Gasteiger charge is -2.25. The van der Waals surface area contributed by atoms with Crippen molar-refractivity contribution in [2.24, 2.45) is 21.5 Å². The van der Waals surface area contributed by atoms with E-state index in [0.717, 1.165) is 0 Å². The minimum Gasteiger partial charge on any atom is -0.489 e. The number of carbonyl (C=O) groups excluding carboxylic acids is 2. The number of benzene rings is 1. The first kappa shape index (κ1) is 22.6. The number of hydrogen-bond donors (Lipinski definition) is 5. The predicted octanol–water partition coefficient (Wildman–Crippen LogP) is -1.04. The molecule has 1 aromatic rings. The zero-order chi connectivity index (χ0) is 21.3. The first-order chi connectivity index (χ1) is 13.2. The number of carbonyl (C=O) groups is 2. The van der Waals surface area contributed by atoms with Crippen molar-refractivity contribution >= 4 is 29.4 Å². The smallest absolute Gasteiger partial charge is 0.271 e. The van der Waals surface area contributed by atoms with Gasteiger partial charge in [0.25, 0.3) is 5.91 Å². The third-order valence-electron chi connectivity index (χ3n) is 3.88. The van der Waals surface area contributed by atoms with Crippen LogP contribution in [-0.2, 0) is 9.59 Å². The molecule has 152 valence electrons. The molecule has 1 atom stereocenters. The number of anilines is 1. The summed E-state index contributed by atoms with van der Waals surface area (Å²) in [5.41, 5.74) is 16.3. The zero-order valence-corrected chi connectivity index (χ0v) is 16.1. The summed E-state index contributed by atoms with van der Waals surface area (Å²) in [5.74, 6) is -1.19. The van der Waals surface area contributed by atoms with Crippen molar-refractivity contribution in [1.29, 1.82) is 0 Å². The number of nitrogens with zero attached hydrogens (tertiary/aromatic N) is 2. The normalized spacial score (nSPS) is 14.6. The van der Waals surface area contributed by atoms with Gasteiger partial charge in [0.05, 0.1) is 6.61 Å². The van der Waals surface area contributed by atoms with E-state index in [4.69, 9.17) is 21.9 Å². The number of primary amides is 1. The summed E-state index contributed by atoms with van der Waals surface area (Å²) in [6.45, 7) is 0.794. The molecule has 0 fully saturated rings. The van der Waals surface area contributed by atoms with E-state index in [1.165, 1.54) is 26.2 Å². The fourth-order valence-electron chi connectivity index (χ4n) is 2.12. The van der Waals surface area contributed by atoms with Crippen LogP contribution >= 0.6 is 0 Å². The van der Waals surface area contributed by atoms with E-state index < -0.39 is 24.0 Å². The standard InChI is InChI=1S/C18H26N6O4/c1-18(10-25,17(21)27)24-16(26)15(23-3)13-6-12(4-5-14(13)20)28-9-11(7-19)8-22-2/h4-8,25H,9-10,19-20H2,1-3H3,(H2,21,27)(H,24,26). The Balaban J connectivity index is 3.12. The van der Waals surface area contributed by atoms with E-state index in [1.807, 2.05) is 0 Å². The second-order valence-corrected chi connectivity index (χ2v) is 6.05. The third-order valence-corrected chi connectivity index (χ3v) is 3.88. The quantitative estimate of drug-likeness (QED) is 0.265. The molecule has 0 heterocycles. The summed E-state index contributed by atoms with van der Waals surface area (Å²) in [5, 5.41) is 11.8. The highest BCUT2D eigenvalue weighted by Crippen LogP contribution is 2.21. The van der Waals surface area contributed by atoms with Crippen molar-refractivity contribution in [3.8, 4) is 5.75 Å². The highest BCUT2D eigenvalue weighted by atomic mass is 16.5. The average Bonchev–Trinajstić information content (AvgIpc) is 2.67. The topological polar surface area (TPSA) is 178 Å². The van der Waals surface area contributed by atoms with Gasteiger partial charge in [0.15, 0.2) is 0 Å². The van der Waals surface area contributed by atoms with Crippen LogP contribution in [0, 0.1) is 0 Å². The minimum absolute atomic E-state index is 0.0476. The van der Waals surface area contributed by atoms with Gasteiger partial charge in [-0.2, -0.15) is 0 Å². The van der Waals surface area contributed by atoms with Crippen LogP contribution in [-0.4, -0.2) is 61.7 Å². The van der Waals surface area contributed by atoms with Crippen LogP contribution in [0.3, 0.4) is 0 Å². The van der Waals surface area contributed by atoms with Gasteiger partial charge in [-0.15, -0.1) is 0 Å². The zero-order valence-electron chi connectivity index (χ0n) is 16.1. The van der Waals surface area contributed by atoms with Gasteiger partial charge < -0.3 is 32.4 Å². The number of rotatable bonds is 9. The summed E-state index contributed by atoms with van der Waals surface area (Å²) in [7, 11) is 3.01. The molecular weight excluding hydrogens is 364 g/mol. The van der Waals surface area contributed by atoms with Gasteiger partial charge in [0, 0.05) is 43.3 Å². The lowest BCUT2D eigenvalue weighted by atomic mass is 10.0. The molecule has 0 aliphatic heterocycles. The Morgan fingerprint density at radius 2 is 2.04 bits per heavy atom. The van der Waals surface area contributed by atoms with E-state index in [0.29, 0.717) is 16.9 Å². The molecule has 8 N–H and O–H groups in total. The third kappa shape index (κ3) is 5.55. The summed E-state index contributed by atoms with van der Waals surface area (Å²) >= 11 is 0. The minimum atomic E-state index is -1.64. The lowest BCUT2D eigenvalue weighted by molar-refractivity contribution is -0.129. The van der Waals surface area contributed by atoms with Crippen LogP contribution in [0.15, 0.2) is 40.0 Å². The van der Waals surface area contributed by atoms with Crippen molar-refractivity contribution in [2.45, 2.75) is 12.5 Å². The number of aliphatic hydroxyl groups is 1. The predicted molar refractivity (Wildman–Crippen MR) is 108 cm³/mol. The highest BCUT2D eigenvalue weighted by Gasteiger charge is 2.34. The van der Waals surface area contributed by atoms with Crippen LogP contribution < -0.4 is 27.3 Å². The van der Waals surface area contributed by atoms with Crippen LogP contribution in [0.1, 0.15) is 12.5 Å². The Hall–Kier alpha value is -3.40. The molecule has 1 rings (SSSR count). The number of amides is 2. The molecule has 0 spiro atoms. The maximum Gasteiger partial charge on any atom is 0.271 e. The van der Waals surface area contributed by atoms with E-state index in [1.54, 1.807) is 25.4 Å². The molecule has 0 aliphatic carbocycles. The molecule has 0 saturated carbocycles. The number of nitrogens with one attached hydrogen (secondary N) is 1. The second kappa shape index (κ2) is 10.1. The summed E-state index contributed by atoms with van der Waals surface area (Å²) in [4.78, 5) is 32.0. The largest absolute Gasteiger partial charge is 0.489 e. The Kier molecular flexibility index (Phi) is 8.14. The molecule has 10 nitrogen and oxygen atoms in total. The van der Waals surface area contributed by atoms with Gasteiger partial charge in [-0.05, 0) is 25.1 Å². The van der Waals surface area contributed by atoms with Gasteiger partial charge in [0.2, 0.25) is 5.91 Å². The molecule has 0 aromatic heterocycles.